The Morgan fingerprint density at radius 2 is 1.90 bits per heavy atom. The van der Waals surface area contributed by atoms with Crippen molar-refractivity contribution in [3.8, 4) is 0 Å². The molecule has 6 heteroatoms. The molecular formula is C14H10FIN2OS. The Kier molecular flexibility index (Phi) is 4.66. The summed E-state index contributed by atoms with van der Waals surface area (Å²) in [5.74, 6) is -0.715. The number of para-hydroxylation sites is 1. The van der Waals surface area contributed by atoms with Crippen LogP contribution >= 0.6 is 34.8 Å². The molecule has 102 valence electrons. The second-order valence-corrected chi connectivity index (χ2v) is 5.59. The van der Waals surface area contributed by atoms with Crippen LogP contribution < -0.4 is 11.1 Å². The second kappa shape index (κ2) is 6.27. The maximum atomic E-state index is 13.0. The molecule has 0 bridgehead atoms. The molecule has 0 spiro atoms. The number of nitrogens with two attached hydrogens (primary N) is 1. The van der Waals surface area contributed by atoms with Gasteiger partial charge in [0.15, 0.2) is 0 Å². The van der Waals surface area contributed by atoms with E-state index in [1.165, 1.54) is 18.2 Å². The van der Waals surface area contributed by atoms with Crippen LogP contribution in [0.1, 0.15) is 15.9 Å². The zero-order valence-electron chi connectivity index (χ0n) is 10.2. The van der Waals surface area contributed by atoms with Gasteiger partial charge >= 0.3 is 0 Å². The van der Waals surface area contributed by atoms with Crippen LogP contribution in [-0.2, 0) is 0 Å². The fourth-order valence-electron chi connectivity index (χ4n) is 1.67. The average Bonchev–Trinajstić information content (AvgIpc) is 2.38. The minimum absolute atomic E-state index is 0.203. The minimum Gasteiger partial charge on any atom is -0.389 e. The van der Waals surface area contributed by atoms with Gasteiger partial charge in [-0.15, -0.1) is 0 Å². The summed E-state index contributed by atoms with van der Waals surface area (Å²) in [6.45, 7) is 0. The van der Waals surface area contributed by atoms with Gasteiger partial charge in [0.2, 0.25) is 0 Å². The molecular weight excluding hydrogens is 390 g/mol. The van der Waals surface area contributed by atoms with Crippen LogP contribution in [0.4, 0.5) is 10.1 Å². The molecule has 0 aromatic heterocycles. The molecule has 3 N–H and O–H groups in total. The molecule has 0 atom stereocenters. The highest BCUT2D eigenvalue weighted by Gasteiger charge is 2.13. The first kappa shape index (κ1) is 14.9. The van der Waals surface area contributed by atoms with Crippen LogP contribution in [-0.4, -0.2) is 10.9 Å². The number of carbonyl (C=O) groups excluding carboxylic acids is 1. The summed E-state index contributed by atoms with van der Waals surface area (Å²) in [6.07, 6.45) is 0. The fourth-order valence-corrected chi connectivity index (χ4v) is 2.57. The number of carbonyl (C=O) groups is 1. The Bertz CT molecular complexity index is 691. The van der Waals surface area contributed by atoms with Gasteiger partial charge in [-0.05, 0) is 52.9 Å². The number of nitrogens with one attached hydrogen (secondary N) is 1. The molecule has 0 radical (unpaired) electrons. The second-order valence-electron chi connectivity index (χ2n) is 3.99. The van der Waals surface area contributed by atoms with Crippen LogP contribution in [0.25, 0.3) is 0 Å². The Balaban J connectivity index is 2.30. The van der Waals surface area contributed by atoms with Crippen molar-refractivity contribution in [1.82, 2.24) is 0 Å². The van der Waals surface area contributed by atoms with E-state index in [9.17, 15) is 9.18 Å². The van der Waals surface area contributed by atoms with Gasteiger partial charge in [-0.1, -0.05) is 24.4 Å². The standard InChI is InChI=1S/C14H10FIN2OS/c15-8-5-6-9(11(16)7-8)14(19)18-12-4-2-1-3-10(12)13(17)20/h1-7H,(H2,17,20)(H,18,19). The van der Waals surface area contributed by atoms with E-state index in [-0.39, 0.29) is 16.7 Å². The van der Waals surface area contributed by atoms with Crippen molar-refractivity contribution in [2.45, 2.75) is 0 Å². The lowest BCUT2D eigenvalue weighted by molar-refractivity contribution is 0.102. The highest BCUT2D eigenvalue weighted by atomic mass is 127. The number of benzene rings is 2. The number of anilines is 1. The fraction of sp³-hybridized carbons (Fsp3) is 0. The van der Waals surface area contributed by atoms with Gasteiger partial charge in [0.05, 0.1) is 11.3 Å². The molecule has 0 aliphatic rings. The number of rotatable bonds is 3. The van der Waals surface area contributed by atoms with Gasteiger partial charge in [0.1, 0.15) is 10.8 Å². The highest BCUT2D eigenvalue weighted by Crippen LogP contribution is 2.19. The van der Waals surface area contributed by atoms with Crippen molar-refractivity contribution >= 4 is 51.4 Å². The SMILES string of the molecule is NC(=S)c1ccccc1NC(=O)c1ccc(F)cc1I. The zero-order valence-corrected chi connectivity index (χ0v) is 13.2. The molecule has 0 saturated carbocycles. The first-order valence-electron chi connectivity index (χ1n) is 5.64. The van der Waals surface area contributed by atoms with E-state index in [4.69, 9.17) is 18.0 Å². The molecule has 2 aromatic carbocycles. The van der Waals surface area contributed by atoms with Gasteiger partial charge < -0.3 is 11.1 Å². The summed E-state index contributed by atoms with van der Waals surface area (Å²) in [6, 6.07) is 11.0. The third-order valence-corrected chi connectivity index (χ3v) is 3.73. The summed E-state index contributed by atoms with van der Waals surface area (Å²) < 4.78 is 13.6. The molecule has 0 aliphatic heterocycles. The molecule has 3 nitrogen and oxygen atoms in total. The molecule has 0 fully saturated rings. The molecule has 2 rings (SSSR count). The van der Waals surface area contributed by atoms with Crippen molar-refractivity contribution in [3.63, 3.8) is 0 Å². The predicted molar refractivity (Wildman–Crippen MR) is 89.4 cm³/mol. The quantitative estimate of drug-likeness (QED) is 0.614. The largest absolute Gasteiger partial charge is 0.389 e. The number of amides is 1. The maximum absolute atomic E-state index is 13.0. The summed E-state index contributed by atoms with van der Waals surface area (Å²) >= 11 is 6.85. The van der Waals surface area contributed by atoms with Gasteiger partial charge in [-0.2, -0.15) is 0 Å². The third-order valence-electron chi connectivity index (χ3n) is 2.62. The Morgan fingerprint density at radius 3 is 2.55 bits per heavy atom. The summed E-state index contributed by atoms with van der Waals surface area (Å²) in [5.41, 5.74) is 7.12. The molecule has 1 amide bonds. The maximum Gasteiger partial charge on any atom is 0.256 e. The first-order chi connectivity index (χ1) is 9.49. The van der Waals surface area contributed by atoms with Gasteiger partial charge in [0, 0.05) is 9.13 Å². The lowest BCUT2D eigenvalue weighted by atomic mass is 10.1. The van der Waals surface area contributed by atoms with Crippen LogP contribution in [0, 0.1) is 9.39 Å². The Hall–Kier alpha value is -1.54. The van der Waals surface area contributed by atoms with Crippen LogP contribution in [0.3, 0.4) is 0 Å². The molecule has 0 saturated heterocycles. The number of thiocarbonyl (C=S) groups is 1. The van der Waals surface area contributed by atoms with Crippen molar-refractivity contribution in [2.24, 2.45) is 5.73 Å². The minimum atomic E-state index is -0.380. The lowest BCUT2D eigenvalue weighted by Gasteiger charge is -2.10. The van der Waals surface area contributed by atoms with Crippen molar-refractivity contribution < 1.29 is 9.18 Å². The first-order valence-corrected chi connectivity index (χ1v) is 7.13. The average molecular weight is 400 g/mol. The van der Waals surface area contributed by atoms with Crippen LogP contribution in [0.5, 0.6) is 0 Å². The van der Waals surface area contributed by atoms with E-state index in [1.807, 2.05) is 22.6 Å². The smallest absolute Gasteiger partial charge is 0.256 e. The molecule has 2 aromatic rings. The Morgan fingerprint density at radius 1 is 1.20 bits per heavy atom. The normalized spacial score (nSPS) is 10.1. The molecule has 20 heavy (non-hydrogen) atoms. The van der Waals surface area contributed by atoms with E-state index in [0.717, 1.165) is 0 Å². The number of halogens is 2. The topological polar surface area (TPSA) is 55.1 Å². The van der Waals surface area contributed by atoms with E-state index in [2.05, 4.69) is 5.32 Å². The van der Waals surface area contributed by atoms with Gasteiger partial charge in [-0.3, -0.25) is 4.79 Å². The Labute approximate surface area is 134 Å². The van der Waals surface area contributed by atoms with E-state index >= 15 is 0 Å². The van der Waals surface area contributed by atoms with Crippen molar-refractivity contribution in [1.29, 1.82) is 0 Å². The van der Waals surface area contributed by atoms with Crippen LogP contribution in [0.2, 0.25) is 0 Å². The number of hydrogen-bond donors (Lipinski definition) is 2. The predicted octanol–water partition coefficient (Wildman–Crippen LogP) is 3.32. The molecule has 0 unspecified atom stereocenters. The van der Waals surface area contributed by atoms with E-state index in [1.54, 1.807) is 24.3 Å². The summed E-state index contributed by atoms with van der Waals surface area (Å²) in [4.78, 5) is 12.4. The highest BCUT2D eigenvalue weighted by molar-refractivity contribution is 14.1. The number of hydrogen-bond acceptors (Lipinski definition) is 2. The van der Waals surface area contributed by atoms with E-state index < -0.39 is 0 Å². The van der Waals surface area contributed by atoms with Gasteiger partial charge in [-0.25, -0.2) is 4.39 Å². The van der Waals surface area contributed by atoms with Gasteiger partial charge in [0.25, 0.3) is 5.91 Å². The van der Waals surface area contributed by atoms with Crippen molar-refractivity contribution in [3.05, 3.63) is 63.0 Å². The van der Waals surface area contributed by atoms with Crippen molar-refractivity contribution in [2.75, 3.05) is 5.32 Å². The lowest BCUT2D eigenvalue weighted by Crippen LogP contribution is -2.18. The van der Waals surface area contributed by atoms with E-state index in [0.29, 0.717) is 20.4 Å². The summed E-state index contributed by atoms with van der Waals surface area (Å²) in [5, 5.41) is 2.73. The summed E-state index contributed by atoms with van der Waals surface area (Å²) in [7, 11) is 0. The van der Waals surface area contributed by atoms with Crippen LogP contribution in [0.15, 0.2) is 42.5 Å². The third kappa shape index (κ3) is 3.31. The molecule has 0 heterocycles. The monoisotopic (exact) mass is 400 g/mol. The molecule has 0 aliphatic carbocycles. The zero-order chi connectivity index (χ0) is 14.7.